The maximum Gasteiger partial charge on any atom is 0.308 e. The fraction of sp³-hybridized carbons (Fsp3) is 0.550. The van der Waals surface area contributed by atoms with Crippen molar-refractivity contribution in [2.45, 2.75) is 25.7 Å². The van der Waals surface area contributed by atoms with Gasteiger partial charge in [-0.3, -0.25) is 14.4 Å². The number of carbonyl (C=O) groups is 3. The number of methoxy groups -OCH3 is 1. The Labute approximate surface area is 158 Å². The first-order valence-electron chi connectivity index (χ1n) is 9.36. The SMILES string of the molecule is COC(=O)C1CCN(C(=O)C2CC(=O)N(CCc3ccc(F)cc3)C2)CC1. The van der Waals surface area contributed by atoms with Crippen LogP contribution in [0.2, 0.25) is 0 Å². The molecule has 2 aliphatic rings. The van der Waals surface area contributed by atoms with Crippen molar-refractivity contribution in [3.05, 3.63) is 35.6 Å². The molecule has 0 saturated carbocycles. The van der Waals surface area contributed by atoms with E-state index < -0.39 is 0 Å². The molecule has 27 heavy (non-hydrogen) atoms. The monoisotopic (exact) mass is 376 g/mol. The number of nitrogens with zero attached hydrogens (tertiary/aromatic N) is 2. The molecule has 1 aromatic rings. The van der Waals surface area contributed by atoms with E-state index in [1.165, 1.54) is 19.2 Å². The minimum absolute atomic E-state index is 0.00375. The highest BCUT2D eigenvalue weighted by atomic mass is 19.1. The smallest absolute Gasteiger partial charge is 0.308 e. The Kier molecular flexibility index (Phi) is 6.08. The zero-order chi connectivity index (χ0) is 19.4. The highest BCUT2D eigenvalue weighted by Crippen LogP contribution is 2.24. The van der Waals surface area contributed by atoms with Gasteiger partial charge in [0.2, 0.25) is 11.8 Å². The van der Waals surface area contributed by atoms with E-state index in [0.29, 0.717) is 45.4 Å². The predicted octanol–water partition coefficient (Wildman–Crippen LogP) is 1.63. The van der Waals surface area contributed by atoms with Gasteiger partial charge in [-0.05, 0) is 37.0 Å². The first-order chi connectivity index (χ1) is 13.0. The first kappa shape index (κ1) is 19.3. The highest BCUT2D eigenvalue weighted by molar-refractivity contribution is 5.89. The fourth-order valence-electron chi connectivity index (χ4n) is 3.83. The molecule has 2 heterocycles. The number of piperidine rings is 1. The lowest BCUT2D eigenvalue weighted by atomic mass is 9.95. The maximum atomic E-state index is 13.0. The molecule has 1 aromatic carbocycles. The summed E-state index contributed by atoms with van der Waals surface area (Å²) in [6, 6.07) is 6.24. The summed E-state index contributed by atoms with van der Waals surface area (Å²) in [4.78, 5) is 40.1. The largest absolute Gasteiger partial charge is 0.469 e. The third-order valence-corrected chi connectivity index (χ3v) is 5.49. The summed E-state index contributed by atoms with van der Waals surface area (Å²) in [5.41, 5.74) is 0.962. The van der Waals surface area contributed by atoms with Gasteiger partial charge in [-0.25, -0.2) is 4.39 Å². The minimum Gasteiger partial charge on any atom is -0.469 e. The van der Waals surface area contributed by atoms with Crippen LogP contribution in [0.3, 0.4) is 0 Å². The lowest BCUT2D eigenvalue weighted by molar-refractivity contribution is -0.149. The van der Waals surface area contributed by atoms with Crippen molar-refractivity contribution in [1.29, 1.82) is 0 Å². The predicted molar refractivity (Wildman–Crippen MR) is 96.1 cm³/mol. The Hall–Kier alpha value is -2.44. The van der Waals surface area contributed by atoms with Crippen LogP contribution < -0.4 is 0 Å². The van der Waals surface area contributed by atoms with Gasteiger partial charge in [0.25, 0.3) is 0 Å². The van der Waals surface area contributed by atoms with E-state index in [4.69, 9.17) is 4.74 Å². The molecule has 0 radical (unpaired) electrons. The average Bonchev–Trinajstić information content (AvgIpc) is 3.07. The van der Waals surface area contributed by atoms with E-state index in [0.717, 1.165) is 5.56 Å². The minimum atomic E-state index is -0.319. The molecule has 2 fully saturated rings. The van der Waals surface area contributed by atoms with E-state index >= 15 is 0 Å². The van der Waals surface area contributed by atoms with Gasteiger partial charge in [-0.1, -0.05) is 12.1 Å². The summed E-state index contributed by atoms with van der Waals surface area (Å²) in [7, 11) is 1.38. The molecule has 1 unspecified atom stereocenters. The van der Waals surface area contributed by atoms with Crippen molar-refractivity contribution >= 4 is 17.8 Å². The van der Waals surface area contributed by atoms with Gasteiger partial charge in [-0.15, -0.1) is 0 Å². The van der Waals surface area contributed by atoms with Crippen LogP contribution in [0.1, 0.15) is 24.8 Å². The number of amides is 2. The lowest BCUT2D eigenvalue weighted by Crippen LogP contribution is -2.44. The van der Waals surface area contributed by atoms with Crippen LogP contribution in [0.5, 0.6) is 0 Å². The number of hydrogen-bond acceptors (Lipinski definition) is 4. The average molecular weight is 376 g/mol. The van der Waals surface area contributed by atoms with Gasteiger partial charge in [0, 0.05) is 32.6 Å². The standard InChI is InChI=1S/C20H25FN2O4/c1-27-20(26)15-7-10-22(11-8-15)19(25)16-12-18(24)23(13-16)9-6-14-2-4-17(21)5-3-14/h2-5,15-16H,6-13H2,1H3. The number of esters is 1. The van der Waals surface area contributed by atoms with E-state index in [2.05, 4.69) is 0 Å². The van der Waals surface area contributed by atoms with Crippen molar-refractivity contribution in [3.63, 3.8) is 0 Å². The number of halogens is 1. The normalized spacial score (nSPS) is 20.8. The number of ether oxygens (including phenoxy) is 1. The van der Waals surface area contributed by atoms with Gasteiger partial charge >= 0.3 is 5.97 Å². The molecule has 7 heteroatoms. The quantitative estimate of drug-likeness (QED) is 0.733. The number of hydrogen-bond donors (Lipinski definition) is 0. The van der Waals surface area contributed by atoms with Gasteiger partial charge in [0.15, 0.2) is 0 Å². The Morgan fingerprint density at radius 3 is 2.44 bits per heavy atom. The second kappa shape index (κ2) is 8.50. The maximum absolute atomic E-state index is 13.0. The number of rotatable bonds is 5. The van der Waals surface area contributed by atoms with Crippen LogP contribution in [0.25, 0.3) is 0 Å². The topological polar surface area (TPSA) is 66.9 Å². The van der Waals surface area contributed by atoms with Crippen LogP contribution in [0, 0.1) is 17.7 Å². The third-order valence-electron chi connectivity index (χ3n) is 5.49. The third kappa shape index (κ3) is 4.64. The molecular weight excluding hydrogens is 351 g/mol. The molecule has 2 aliphatic heterocycles. The molecule has 0 aliphatic carbocycles. The van der Waals surface area contributed by atoms with Gasteiger partial charge < -0.3 is 14.5 Å². The molecule has 1 atom stereocenters. The van der Waals surface area contributed by atoms with E-state index in [1.807, 2.05) is 0 Å². The summed E-state index contributed by atoms with van der Waals surface area (Å²) < 4.78 is 17.7. The number of benzene rings is 1. The van der Waals surface area contributed by atoms with Gasteiger partial charge in [0.1, 0.15) is 5.82 Å². The molecule has 0 spiro atoms. The van der Waals surface area contributed by atoms with Crippen molar-refractivity contribution in [2.24, 2.45) is 11.8 Å². The summed E-state index contributed by atoms with van der Waals surface area (Å²) >= 11 is 0. The Morgan fingerprint density at radius 1 is 1.15 bits per heavy atom. The summed E-state index contributed by atoms with van der Waals surface area (Å²) in [5, 5.41) is 0. The van der Waals surface area contributed by atoms with Crippen LogP contribution in [0.15, 0.2) is 24.3 Å². The number of likely N-dealkylation sites (tertiary alicyclic amines) is 2. The fourth-order valence-corrected chi connectivity index (χ4v) is 3.83. The van der Waals surface area contributed by atoms with E-state index in [9.17, 15) is 18.8 Å². The second-order valence-corrected chi connectivity index (χ2v) is 7.24. The van der Waals surface area contributed by atoms with Gasteiger partial charge in [0.05, 0.1) is 18.9 Å². The van der Waals surface area contributed by atoms with E-state index in [-0.39, 0.29) is 41.9 Å². The Balaban J connectivity index is 1.49. The van der Waals surface area contributed by atoms with Crippen LogP contribution in [-0.4, -0.2) is 60.9 Å². The summed E-state index contributed by atoms with van der Waals surface area (Å²) in [6.45, 7) is 2.01. The van der Waals surface area contributed by atoms with Crippen LogP contribution in [0.4, 0.5) is 4.39 Å². The van der Waals surface area contributed by atoms with Crippen LogP contribution in [-0.2, 0) is 25.5 Å². The first-order valence-corrected chi connectivity index (χ1v) is 9.36. The molecule has 0 bridgehead atoms. The van der Waals surface area contributed by atoms with Crippen LogP contribution >= 0.6 is 0 Å². The lowest BCUT2D eigenvalue weighted by Gasteiger charge is -2.32. The molecule has 2 saturated heterocycles. The van der Waals surface area contributed by atoms with Gasteiger partial charge in [-0.2, -0.15) is 0 Å². The molecule has 2 amide bonds. The molecule has 6 nitrogen and oxygen atoms in total. The zero-order valence-electron chi connectivity index (χ0n) is 15.5. The van der Waals surface area contributed by atoms with Crippen molar-refractivity contribution in [2.75, 3.05) is 33.3 Å². The molecule has 0 N–H and O–H groups in total. The number of carbonyl (C=O) groups excluding carboxylic acids is 3. The molecular formula is C20H25FN2O4. The van der Waals surface area contributed by atoms with Crippen molar-refractivity contribution in [1.82, 2.24) is 9.80 Å². The summed E-state index contributed by atoms with van der Waals surface area (Å²) in [5.74, 6) is -0.976. The van der Waals surface area contributed by atoms with E-state index in [1.54, 1.807) is 21.9 Å². The highest BCUT2D eigenvalue weighted by Gasteiger charge is 2.38. The molecule has 146 valence electrons. The van der Waals surface area contributed by atoms with Crippen molar-refractivity contribution in [3.8, 4) is 0 Å². The zero-order valence-corrected chi connectivity index (χ0v) is 15.5. The summed E-state index contributed by atoms with van der Waals surface area (Å²) in [6.07, 6.45) is 2.08. The second-order valence-electron chi connectivity index (χ2n) is 7.24. The Morgan fingerprint density at radius 2 is 1.81 bits per heavy atom. The molecule has 0 aromatic heterocycles. The Bertz CT molecular complexity index is 698. The van der Waals surface area contributed by atoms with Crippen molar-refractivity contribution < 1.29 is 23.5 Å². The molecule has 3 rings (SSSR count).